The van der Waals surface area contributed by atoms with Gasteiger partial charge in [-0.15, -0.1) is 10.2 Å². The van der Waals surface area contributed by atoms with E-state index < -0.39 is 0 Å². The molecule has 1 atom stereocenters. The van der Waals surface area contributed by atoms with Crippen molar-refractivity contribution < 1.29 is 9.47 Å². The van der Waals surface area contributed by atoms with Crippen LogP contribution in [-0.2, 0) is 0 Å². The molecule has 0 amide bonds. The number of nitrogens with zero attached hydrogens (tertiary/aromatic N) is 5. The standard InChI is InChI=1S/C15H15N5O2/c1-19(14-15-18-17-10-20(15)7-6-16-14)8-11-9-21-12-4-2-3-5-13(12)22-11/h2-7,10-11H,8-9H2,1H3. The summed E-state index contributed by atoms with van der Waals surface area (Å²) in [7, 11) is 1.96. The zero-order valence-electron chi connectivity index (χ0n) is 12.1. The number of likely N-dealkylation sites (N-methyl/N-ethyl adjacent to an activating group) is 1. The van der Waals surface area contributed by atoms with Gasteiger partial charge >= 0.3 is 0 Å². The first kappa shape index (κ1) is 12.9. The smallest absolute Gasteiger partial charge is 0.203 e. The Bertz CT molecular complexity index is 803. The number of hydrogen-bond donors (Lipinski definition) is 0. The van der Waals surface area contributed by atoms with Crippen LogP contribution < -0.4 is 14.4 Å². The topological polar surface area (TPSA) is 64.8 Å². The van der Waals surface area contributed by atoms with Crippen molar-refractivity contribution in [1.29, 1.82) is 0 Å². The number of anilines is 1. The van der Waals surface area contributed by atoms with E-state index in [1.165, 1.54) is 0 Å². The second-order valence-electron chi connectivity index (χ2n) is 5.19. The van der Waals surface area contributed by atoms with Crippen LogP contribution in [0.25, 0.3) is 5.65 Å². The summed E-state index contributed by atoms with van der Waals surface area (Å²) in [4.78, 5) is 6.40. The molecule has 1 aliphatic heterocycles. The van der Waals surface area contributed by atoms with Crippen molar-refractivity contribution in [3.8, 4) is 11.5 Å². The molecule has 0 bridgehead atoms. The minimum absolute atomic E-state index is 0.0649. The molecule has 0 N–H and O–H groups in total. The highest BCUT2D eigenvalue weighted by molar-refractivity contribution is 5.62. The molecule has 1 aliphatic rings. The molecule has 0 spiro atoms. The first-order chi connectivity index (χ1) is 10.8. The second kappa shape index (κ2) is 5.18. The summed E-state index contributed by atoms with van der Waals surface area (Å²) in [6.07, 6.45) is 5.15. The van der Waals surface area contributed by atoms with Crippen molar-refractivity contribution in [3.05, 3.63) is 43.0 Å². The lowest BCUT2D eigenvalue weighted by molar-refractivity contribution is 0.0960. The Morgan fingerprint density at radius 2 is 2.18 bits per heavy atom. The van der Waals surface area contributed by atoms with Crippen LogP contribution in [0, 0.1) is 0 Å². The molecular formula is C15H15N5O2. The van der Waals surface area contributed by atoms with E-state index in [1.807, 2.05) is 46.8 Å². The first-order valence-corrected chi connectivity index (χ1v) is 7.05. The van der Waals surface area contributed by atoms with Gasteiger partial charge in [-0.05, 0) is 12.1 Å². The average Bonchev–Trinajstić information content (AvgIpc) is 3.03. The van der Waals surface area contributed by atoms with Gasteiger partial charge in [0.15, 0.2) is 23.4 Å². The molecule has 0 saturated carbocycles. The summed E-state index contributed by atoms with van der Waals surface area (Å²) in [5.41, 5.74) is 0.724. The van der Waals surface area contributed by atoms with Gasteiger partial charge in [0.1, 0.15) is 12.9 Å². The third kappa shape index (κ3) is 2.20. The summed E-state index contributed by atoms with van der Waals surface area (Å²) >= 11 is 0. The monoisotopic (exact) mass is 297 g/mol. The number of aromatic nitrogens is 4. The highest BCUT2D eigenvalue weighted by Crippen LogP contribution is 2.31. The van der Waals surface area contributed by atoms with Crippen molar-refractivity contribution in [1.82, 2.24) is 19.6 Å². The third-order valence-electron chi connectivity index (χ3n) is 3.60. The zero-order chi connectivity index (χ0) is 14.9. The van der Waals surface area contributed by atoms with Gasteiger partial charge in [-0.1, -0.05) is 12.1 Å². The maximum atomic E-state index is 5.98. The molecule has 0 radical (unpaired) electrons. The summed E-state index contributed by atoms with van der Waals surface area (Å²) < 4.78 is 13.6. The molecule has 3 aromatic rings. The maximum Gasteiger partial charge on any atom is 0.203 e. The van der Waals surface area contributed by atoms with Crippen LogP contribution in [0.2, 0.25) is 0 Å². The van der Waals surface area contributed by atoms with Crippen LogP contribution in [0.15, 0.2) is 43.0 Å². The largest absolute Gasteiger partial charge is 0.486 e. The number of benzene rings is 1. The predicted molar refractivity (Wildman–Crippen MR) is 80.4 cm³/mol. The van der Waals surface area contributed by atoms with Crippen molar-refractivity contribution in [2.45, 2.75) is 6.10 Å². The lowest BCUT2D eigenvalue weighted by Crippen LogP contribution is -2.39. The van der Waals surface area contributed by atoms with Crippen LogP contribution in [0.1, 0.15) is 0 Å². The van der Waals surface area contributed by atoms with Gasteiger partial charge in [0.05, 0.1) is 6.54 Å². The Morgan fingerprint density at radius 3 is 3.09 bits per heavy atom. The lowest BCUT2D eigenvalue weighted by atomic mass is 10.2. The van der Waals surface area contributed by atoms with Gasteiger partial charge in [-0.2, -0.15) is 0 Å². The van der Waals surface area contributed by atoms with E-state index in [0.717, 1.165) is 23.0 Å². The molecule has 0 aliphatic carbocycles. The molecule has 22 heavy (non-hydrogen) atoms. The van der Waals surface area contributed by atoms with E-state index in [0.29, 0.717) is 13.2 Å². The highest BCUT2D eigenvalue weighted by atomic mass is 16.6. The van der Waals surface area contributed by atoms with Gasteiger partial charge in [-0.3, -0.25) is 4.40 Å². The van der Waals surface area contributed by atoms with Gasteiger partial charge < -0.3 is 14.4 Å². The van der Waals surface area contributed by atoms with Gasteiger partial charge in [0.2, 0.25) is 5.65 Å². The highest BCUT2D eigenvalue weighted by Gasteiger charge is 2.23. The fourth-order valence-electron chi connectivity index (χ4n) is 2.56. The van der Waals surface area contributed by atoms with Crippen LogP contribution in [0.5, 0.6) is 11.5 Å². The molecule has 0 fully saturated rings. The van der Waals surface area contributed by atoms with Crippen LogP contribution >= 0.6 is 0 Å². The van der Waals surface area contributed by atoms with E-state index in [1.54, 1.807) is 12.5 Å². The number of ether oxygens (including phenoxy) is 2. The maximum absolute atomic E-state index is 5.98. The molecule has 3 heterocycles. The Labute approximate surface area is 127 Å². The molecule has 0 saturated heterocycles. The SMILES string of the molecule is CN(CC1COc2ccccc2O1)c1nccn2cnnc12. The molecule has 112 valence electrons. The van der Waals surface area contributed by atoms with Crippen molar-refractivity contribution in [2.75, 3.05) is 25.1 Å². The van der Waals surface area contributed by atoms with Crippen molar-refractivity contribution in [2.24, 2.45) is 0 Å². The van der Waals surface area contributed by atoms with Gasteiger partial charge in [0, 0.05) is 19.4 Å². The summed E-state index contributed by atoms with van der Waals surface area (Å²) in [6.45, 7) is 1.16. The quantitative estimate of drug-likeness (QED) is 0.728. The van der Waals surface area contributed by atoms with Gasteiger partial charge in [-0.25, -0.2) is 4.98 Å². The third-order valence-corrected chi connectivity index (χ3v) is 3.60. The Kier molecular flexibility index (Phi) is 3.03. The minimum Gasteiger partial charge on any atom is -0.486 e. The number of hydrogen-bond acceptors (Lipinski definition) is 6. The second-order valence-corrected chi connectivity index (χ2v) is 5.19. The Hall–Kier alpha value is -2.83. The predicted octanol–water partition coefficient (Wildman–Crippen LogP) is 1.40. The normalized spacial score (nSPS) is 16.7. The number of para-hydroxylation sites is 2. The Balaban J connectivity index is 1.53. The molecule has 7 heteroatoms. The van der Waals surface area contributed by atoms with Crippen molar-refractivity contribution >= 4 is 11.5 Å². The van der Waals surface area contributed by atoms with Crippen molar-refractivity contribution in [3.63, 3.8) is 0 Å². The molecular weight excluding hydrogens is 282 g/mol. The Morgan fingerprint density at radius 1 is 1.32 bits per heavy atom. The molecule has 4 rings (SSSR count). The van der Waals surface area contributed by atoms with Crippen LogP contribution in [0.3, 0.4) is 0 Å². The first-order valence-electron chi connectivity index (χ1n) is 7.05. The number of fused-ring (bicyclic) bond motifs is 2. The molecule has 1 aromatic carbocycles. The van der Waals surface area contributed by atoms with E-state index in [9.17, 15) is 0 Å². The fourth-order valence-corrected chi connectivity index (χ4v) is 2.56. The fraction of sp³-hybridized carbons (Fsp3) is 0.267. The van der Waals surface area contributed by atoms with E-state index in [4.69, 9.17) is 9.47 Å². The zero-order valence-corrected chi connectivity index (χ0v) is 12.1. The molecule has 7 nitrogen and oxygen atoms in total. The minimum atomic E-state index is -0.0649. The summed E-state index contributed by atoms with van der Waals surface area (Å²) in [6, 6.07) is 7.70. The molecule has 2 aromatic heterocycles. The van der Waals surface area contributed by atoms with Crippen LogP contribution in [0.4, 0.5) is 5.82 Å². The lowest BCUT2D eigenvalue weighted by Gasteiger charge is -2.29. The summed E-state index contributed by atoms with van der Waals surface area (Å²) in [5.74, 6) is 2.34. The van der Waals surface area contributed by atoms with E-state index in [2.05, 4.69) is 15.2 Å². The number of rotatable bonds is 3. The summed E-state index contributed by atoms with van der Waals surface area (Å²) in [5, 5.41) is 8.02. The molecule has 1 unspecified atom stereocenters. The van der Waals surface area contributed by atoms with Crippen LogP contribution in [-0.4, -0.2) is 45.9 Å². The average molecular weight is 297 g/mol. The van der Waals surface area contributed by atoms with E-state index in [-0.39, 0.29) is 6.10 Å². The van der Waals surface area contributed by atoms with E-state index >= 15 is 0 Å². The van der Waals surface area contributed by atoms with Gasteiger partial charge in [0.25, 0.3) is 0 Å².